The molecule has 0 saturated heterocycles. The Labute approximate surface area is 151 Å². The van der Waals surface area contributed by atoms with Crippen molar-refractivity contribution in [3.05, 3.63) is 0 Å². The van der Waals surface area contributed by atoms with Crippen LogP contribution in [0.1, 0.15) is 116 Å². The zero-order valence-corrected chi connectivity index (χ0v) is 16.3. The van der Waals surface area contributed by atoms with Gasteiger partial charge < -0.3 is 10.5 Å². The topological polar surface area (TPSA) is 52.3 Å². The van der Waals surface area contributed by atoms with Gasteiger partial charge in [-0.3, -0.25) is 4.79 Å². The van der Waals surface area contributed by atoms with Crippen LogP contribution in [0.4, 0.5) is 0 Å². The molecule has 0 spiro atoms. The van der Waals surface area contributed by atoms with Gasteiger partial charge in [0.15, 0.2) is 0 Å². The third-order valence-electron chi connectivity index (χ3n) is 4.64. The number of primary amides is 1. The molecule has 3 heteroatoms. The Bertz CT molecular complexity index is 256. The largest absolute Gasteiger partial charge is 0.381 e. The Morgan fingerprint density at radius 1 is 0.625 bits per heavy atom. The summed E-state index contributed by atoms with van der Waals surface area (Å²) in [4.78, 5) is 10.5. The van der Waals surface area contributed by atoms with Gasteiger partial charge in [0.05, 0.1) is 6.61 Å². The van der Waals surface area contributed by atoms with E-state index < -0.39 is 0 Å². The average Bonchev–Trinajstić information content (AvgIpc) is 2.56. The molecule has 0 saturated carbocycles. The van der Waals surface area contributed by atoms with E-state index in [4.69, 9.17) is 10.5 Å². The van der Waals surface area contributed by atoms with Crippen molar-refractivity contribution < 1.29 is 9.53 Å². The van der Waals surface area contributed by atoms with Crippen LogP contribution in [-0.2, 0) is 9.53 Å². The molecular formula is C21H43NO2. The number of amides is 1. The summed E-state index contributed by atoms with van der Waals surface area (Å²) in [7, 11) is 0. The van der Waals surface area contributed by atoms with Gasteiger partial charge in [-0.15, -0.1) is 0 Å². The molecule has 24 heavy (non-hydrogen) atoms. The Balaban J connectivity index is 2.97. The summed E-state index contributed by atoms with van der Waals surface area (Å²) < 4.78 is 5.36. The van der Waals surface area contributed by atoms with Crippen molar-refractivity contribution in [1.82, 2.24) is 0 Å². The maximum atomic E-state index is 10.5. The quantitative estimate of drug-likeness (QED) is 0.270. The van der Waals surface area contributed by atoms with E-state index in [1.54, 1.807) is 0 Å². The summed E-state index contributed by atoms with van der Waals surface area (Å²) >= 11 is 0. The van der Waals surface area contributed by atoms with E-state index in [2.05, 4.69) is 6.92 Å². The third kappa shape index (κ3) is 21.4. The van der Waals surface area contributed by atoms with E-state index in [1.807, 2.05) is 0 Å². The molecule has 0 aliphatic carbocycles. The molecule has 1 amide bonds. The fourth-order valence-corrected chi connectivity index (χ4v) is 3.03. The highest BCUT2D eigenvalue weighted by Gasteiger charge is 1.96. The minimum absolute atomic E-state index is 0.276. The molecule has 2 N–H and O–H groups in total. The predicted molar refractivity (Wildman–Crippen MR) is 104 cm³/mol. The van der Waals surface area contributed by atoms with Crippen molar-refractivity contribution in [3.8, 4) is 0 Å². The highest BCUT2D eigenvalue weighted by atomic mass is 16.5. The van der Waals surface area contributed by atoms with Crippen LogP contribution in [0, 0.1) is 0 Å². The van der Waals surface area contributed by atoms with E-state index in [-0.39, 0.29) is 5.91 Å². The smallest absolute Gasteiger partial charge is 0.219 e. The number of unbranched alkanes of at least 4 members (excludes halogenated alkanes) is 15. The number of ether oxygens (including phenoxy) is 1. The van der Waals surface area contributed by atoms with E-state index >= 15 is 0 Å². The molecule has 0 aliphatic heterocycles. The van der Waals surface area contributed by atoms with Crippen LogP contribution in [-0.4, -0.2) is 19.1 Å². The maximum absolute atomic E-state index is 10.5. The highest BCUT2D eigenvalue weighted by Crippen LogP contribution is 2.13. The lowest BCUT2D eigenvalue weighted by Crippen LogP contribution is -2.13. The molecule has 0 aromatic rings. The first-order valence-electron chi connectivity index (χ1n) is 10.6. The second-order valence-corrected chi connectivity index (χ2v) is 7.13. The number of hydrogen-bond donors (Lipinski definition) is 1. The summed E-state index contributed by atoms with van der Waals surface area (Å²) in [6.07, 6.45) is 22.5. The van der Waals surface area contributed by atoms with Crippen LogP contribution in [0.3, 0.4) is 0 Å². The van der Waals surface area contributed by atoms with Gasteiger partial charge in [-0.1, -0.05) is 103 Å². The van der Waals surface area contributed by atoms with E-state index in [1.165, 1.54) is 96.3 Å². The van der Waals surface area contributed by atoms with Crippen LogP contribution < -0.4 is 5.73 Å². The Morgan fingerprint density at radius 2 is 1.00 bits per heavy atom. The third-order valence-corrected chi connectivity index (χ3v) is 4.64. The second-order valence-electron chi connectivity index (χ2n) is 7.13. The summed E-state index contributed by atoms with van der Waals surface area (Å²) in [5, 5.41) is 0. The molecule has 0 atom stereocenters. The standard InChI is InChI=1S/C21H43NO2/c1-2-3-4-5-6-7-8-9-10-11-12-13-14-15-16-17-19-24-20-18-21(22)23/h2-20H2,1H3,(H2,22,23). The SMILES string of the molecule is CCCCCCCCCCCCCCCCCCOCCC(N)=O. The van der Waals surface area contributed by atoms with Crippen molar-refractivity contribution in [2.45, 2.75) is 116 Å². The predicted octanol–water partition coefficient (Wildman–Crippen LogP) is 6.14. The van der Waals surface area contributed by atoms with Crippen LogP contribution in [0.2, 0.25) is 0 Å². The Morgan fingerprint density at radius 3 is 1.38 bits per heavy atom. The van der Waals surface area contributed by atoms with E-state index in [0.717, 1.165) is 13.0 Å². The van der Waals surface area contributed by atoms with Gasteiger partial charge in [0.2, 0.25) is 5.91 Å². The minimum atomic E-state index is -0.276. The molecule has 0 fully saturated rings. The van der Waals surface area contributed by atoms with Gasteiger partial charge in [0.1, 0.15) is 0 Å². The number of carbonyl (C=O) groups excluding carboxylic acids is 1. The monoisotopic (exact) mass is 341 g/mol. The number of rotatable bonds is 20. The van der Waals surface area contributed by atoms with E-state index in [0.29, 0.717) is 13.0 Å². The lowest BCUT2D eigenvalue weighted by atomic mass is 10.0. The molecule has 0 aliphatic rings. The van der Waals surface area contributed by atoms with Crippen molar-refractivity contribution in [2.75, 3.05) is 13.2 Å². The molecule has 0 aromatic carbocycles. The van der Waals surface area contributed by atoms with Gasteiger partial charge >= 0.3 is 0 Å². The lowest BCUT2D eigenvalue weighted by molar-refractivity contribution is -0.119. The fraction of sp³-hybridized carbons (Fsp3) is 0.952. The van der Waals surface area contributed by atoms with Crippen LogP contribution >= 0.6 is 0 Å². The van der Waals surface area contributed by atoms with Crippen molar-refractivity contribution in [2.24, 2.45) is 5.73 Å². The first kappa shape index (κ1) is 23.4. The van der Waals surface area contributed by atoms with E-state index in [9.17, 15) is 4.79 Å². The fourth-order valence-electron chi connectivity index (χ4n) is 3.03. The van der Waals surface area contributed by atoms with Crippen LogP contribution in [0.15, 0.2) is 0 Å². The molecule has 144 valence electrons. The zero-order chi connectivity index (χ0) is 17.7. The summed E-state index contributed by atoms with van der Waals surface area (Å²) in [6, 6.07) is 0. The number of nitrogens with two attached hydrogens (primary N) is 1. The van der Waals surface area contributed by atoms with Gasteiger partial charge in [0.25, 0.3) is 0 Å². The van der Waals surface area contributed by atoms with Crippen molar-refractivity contribution >= 4 is 5.91 Å². The van der Waals surface area contributed by atoms with Crippen molar-refractivity contribution in [3.63, 3.8) is 0 Å². The van der Waals surface area contributed by atoms with Crippen molar-refractivity contribution in [1.29, 1.82) is 0 Å². The van der Waals surface area contributed by atoms with Gasteiger partial charge in [0, 0.05) is 13.0 Å². The average molecular weight is 342 g/mol. The first-order valence-corrected chi connectivity index (χ1v) is 10.6. The zero-order valence-electron chi connectivity index (χ0n) is 16.3. The molecule has 0 unspecified atom stereocenters. The summed E-state index contributed by atoms with van der Waals surface area (Å²) in [5.74, 6) is -0.276. The second kappa shape index (κ2) is 20.5. The Hall–Kier alpha value is -0.570. The maximum Gasteiger partial charge on any atom is 0.219 e. The first-order chi connectivity index (χ1) is 11.8. The van der Waals surface area contributed by atoms with Crippen LogP contribution in [0.25, 0.3) is 0 Å². The highest BCUT2D eigenvalue weighted by molar-refractivity contribution is 5.73. The molecule has 0 heterocycles. The molecule has 0 rings (SSSR count). The molecule has 0 radical (unpaired) electrons. The van der Waals surface area contributed by atoms with Gasteiger partial charge in [-0.2, -0.15) is 0 Å². The normalized spacial score (nSPS) is 11.0. The van der Waals surface area contributed by atoms with Gasteiger partial charge in [-0.25, -0.2) is 0 Å². The molecule has 0 aromatic heterocycles. The lowest BCUT2D eigenvalue weighted by Gasteiger charge is -2.04. The number of carbonyl (C=O) groups is 1. The summed E-state index contributed by atoms with van der Waals surface area (Å²) in [6.45, 7) is 3.53. The number of hydrogen-bond acceptors (Lipinski definition) is 2. The molecular weight excluding hydrogens is 298 g/mol. The van der Waals surface area contributed by atoms with Crippen LogP contribution in [0.5, 0.6) is 0 Å². The minimum Gasteiger partial charge on any atom is -0.381 e. The molecule has 3 nitrogen and oxygen atoms in total. The van der Waals surface area contributed by atoms with Gasteiger partial charge in [-0.05, 0) is 6.42 Å². The molecule has 0 bridgehead atoms. The summed E-state index contributed by atoms with van der Waals surface area (Å²) in [5.41, 5.74) is 5.05. The Kier molecular flexibility index (Phi) is 20.0.